The van der Waals surface area contributed by atoms with Crippen molar-refractivity contribution in [2.75, 3.05) is 6.54 Å². The van der Waals surface area contributed by atoms with Gasteiger partial charge in [0.05, 0.1) is 17.3 Å². The highest BCUT2D eigenvalue weighted by molar-refractivity contribution is 6.34. The number of halogens is 1. The maximum atomic E-state index is 12.2. The van der Waals surface area contributed by atoms with E-state index in [9.17, 15) is 4.79 Å². The first kappa shape index (κ1) is 12.7. The third kappa shape index (κ3) is 2.29. The second-order valence-corrected chi connectivity index (χ2v) is 5.86. The maximum absolute atomic E-state index is 12.2. The van der Waals surface area contributed by atoms with Crippen molar-refractivity contribution in [3.63, 3.8) is 0 Å². The molecule has 5 heteroatoms. The molecule has 0 radical (unpaired) electrons. The van der Waals surface area contributed by atoms with Crippen molar-refractivity contribution in [2.45, 2.75) is 39.3 Å². The highest BCUT2D eigenvalue weighted by Gasteiger charge is 2.35. The Morgan fingerprint density at radius 1 is 1.42 bits per heavy atom. The molecule has 2 aliphatic rings. The van der Waals surface area contributed by atoms with Gasteiger partial charge in [0.25, 0.3) is 0 Å². The smallest absolute Gasteiger partial charge is 0.187 e. The Balaban J connectivity index is 1.94. The monoisotopic (exact) mass is 279 g/mol. The summed E-state index contributed by atoms with van der Waals surface area (Å²) in [6.45, 7) is 8.45. The fourth-order valence-corrected chi connectivity index (χ4v) is 2.79. The molecule has 0 amide bonds. The molecule has 0 spiro atoms. The van der Waals surface area contributed by atoms with Gasteiger partial charge in [0.15, 0.2) is 5.78 Å². The SMILES string of the molecule is C=C(C)N1CCCn2nc(C(=O)C3CC3)c(Cl)c2C1. The average molecular weight is 280 g/mol. The molecule has 102 valence electrons. The number of aromatic nitrogens is 2. The third-order valence-electron chi connectivity index (χ3n) is 3.85. The van der Waals surface area contributed by atoms with Crippen LogP contribution in [-0.4, -0.2) is 27.0 Å². The van der Waals surface area contributed by atoms with Gasteiger partial charge in [-0.3, -0.25) is 9.48 Å². The van der Waals surface area contributed by atoms with E-state index in [0.717, 1.165) is 43.7 Å². The summed E-state index contributed by atoms with van der Waals surface area (Å²) < 4.78 is 1.90. The molecular weight excluding hydrogens is 262 g/mol. The Morgan fingerprint density at radius 2 is 2.16 bits per heavy atom. The summed E-state index contributed by atoms with van der Waals surface area (Å²) in [5.74, 6) is 0.279. The second-order valence-electron chi connectivity index (χ2n) is 5.48. The number of hydrogen-bond donors (Lipinski definition) is 0. The molecule has 0 aromatic carbocycles. The van der Waals surface area contributed by atoms with Gasteiger partial charge in [0.2, 0.25) is 0 Å². The van der Waals surface area contributed by atoms with E-state index in [4.69, 9.17) is 11.6 Å². The lowest BCUT2D eigenvalue weighted by atomic mass is 10.2. The van der Waals surface area contributed by atoms with E-state index in [-0.39, 0.29) is 11.7 Å². The van der Waals surface area contributed by atoms with Gasteiger partial charge in [-0.1, -0.05) is 18.2 Å². The normalized spacial score (nSPS) is 18.9. The lowest BCUT2D eigenvalue weighted by molar-refractivity contribution is 0.0962. The van der Waals surface area contributed by atoms with E-state index in [0.29, 0.717) is 17.3 Å². The lowest BCUT2D eigenvalue weighted by Crippen LogP contribution is -2.20. The summed E-state index contributed by atoms with van der Waals surface area (Å²) in [5, 5.41) is 4.99. The number of nitrogens with zero attached hydrogens (tertiary/aromatic N) is 3. The van der Waals surface area contributed by atoms with Gasteiger partial charge in [-0.2, -0.15) is 5.10 Å². The molecule has 4 nitrogen and oxygen atoms in total. The minimum Gasteiger partial charge on any atom is -0.370 e. The van der Waals surface area contributed by atoms with Crippen molar-refractivity contribution in [2.24, 2.45) is 5.92 Å². The lowest BCUT2D eigenvalue weighted by Gasteiger charge is -2.21. The minimum absolute atomic E-state index is 0.118. The first-order valence-corrected chi connectivity index (χ1v) is 7.15. The van der Waals surface area contributed by atoms with Crippen LogP contribution in [0.3, 0.4) is 0 Å². The van der Waals surface area contributed by atoms with E-state index < -0.39 is 0 Å². The van der Waals surface area contributed by atoms with Gasteiger partial charge in [0, 0.05) is 24.7 Å². The Morgan fingerprint density at radius 3 is 2.79 bits per heavy atom. The first-order chi connectivity index (χ1) is 9.08. The number of hydrogen-bond acceptors (Lipinski definition) is 3. The molecule has 1 saturated carbocycles. The molecule has 0 N–H and O–H groups in total. The van der Waals surface area contributed by atoms with E-state index in [1.807, 2.05) is 11.6 Å². The van der Waals surface area contributed by atoms with Crippen LogP contribution in [0.2, 0.25) is 5.02 Å². The first-order valence-electron chi connectivity index (χ1n) is 6.77. The number of ketones is 1. The van der Waals surface area contributed by atoms with Crippen LogP contribution < -0.4 is 0 Å². The number of rotatable bonds is 3. The zero-order valence-corrected chi connectivity index (χ0v) is 11.9. The van der Waals surface area contributed by atoms with Crippen LogP contribution >= 0.6 is 11.6 Å². The van der Waals surface area contributed by atoms with E-state index in [1.165, 1.54) is 0 Å². The highest BCUT2D eigenvalue weighted by atomic mass is 35.5. The van der Waals surface area contributed by atoms with Crippen LogP contribution in [0, 0.1) is 5.92 Å². The summed E-state index contributed by atoms with van der Waals surface area (Å²) in [6.07, 6.45) is 2.96. The Labute approximate surface area is 118 Å². The zero-order valence-electron chi connectivity index (χ0n) is 11.2. The number of allylic oxidation sites excluding steroid dienone is 1. The number of Topliss-reactive ketones (excluding diaryl/α,β-unsaturated/α-hetero) is 1. The molecule has 1 aliphatic heterocycles. The highest BCUT2D eigenvalue weighted by Crippen LogP contribution is 2.35. The van der Waals surface area contributed by atoms with Crippen molar-refractivity contribution in [3.8, 4) is 0 Å². The molecule has 0 bridgehead atoms. The number of aryl methyl sites for hydroxylation is 1. The number of fused-ring (bicyclic) bond motifs is 1. The van der Waals surface area contributed by atoms with E-state index in [2.05, 4.69) is 16.6 Å². The van der Waals surface area contributed by atoms with Gasteiger partial charge in [-0.05, 0) is 26.2 Å². The van der Waals surface area contributed by atoms with Crippen molar-refractivity contribution >= 4 is 17.4 Å². The Hall–Kier alpha value is -1.29. The summed E-state index contributed by atoms with van der Waals surface area (Å²) in [6, 6.07) is 0. The molecule has 19 heavy (non-hydrogen) atoms. The van der Waals surface area contributed by atoms with Gasteiger partial charge >= 0.3 is 0 Å². The van der Waals surface area contributed by atoms with Crippen LogP contribution in [0.25, 0.3) is 0 Å². The Bertz CT molecular complexity index is 545. The van der Waals surface area contributed by atoms with Crippen molar-refractivity contribution < 1.29 is 4.79 Å². The second kappa shape index (κ2) is 4.67. The molecule has 0 saturated heterocycles. The molecule has 1 aliphatic carbocycles. The van der Waals surface area contributed by atoms with Crippen LogP contribution in [0.1, 0.15) is 42.4 Å². The van der Waals surface area contributed by atoms with Gasteiger partial charge in [-0.25, -0.2) is 0 Å². The zero-order chi connectivity index (χ0) is 13.6. The van der Waals surface area contributed by atoms with Gasteiger partial charge < -0.3 is 4.90 Å². The molecule has 1 aromatic heterocycles. The molecule has 0 atom stereocenters. The molecule has 1 fully saturated rings. The summed E-state index contributed by atoms with van der Waals surface area (Å²) in [7, 11) is 0. The predicted octanol–water partition coefficient (Wildman–Crippen LogP) is 2.87. The summed E-state index contributed by atoms with van der Waals surface area (Å²) >= 11 is 6.39. The van der Waals surface area contributed by atoms with Crippen molar-refractivity contribution in [1.29, 1.82) is 0 Å². The predicted molar refractivity (Wildman–Crippen MR) is 74.1 cm³/mol. The van der Waals surface area contributed by atoms with Crippen LogP contribution in [-0.2, 0) is 13.1 Å². The van der Waals surface area contributed by atoms with E-state index >= 15 is 0 Å². The summed E-state index contributed by atoms with van der Waals surface area (Å²) in [4.78, 5) is 14.3. The molecule has 0 unspecified atom stereocenters. The average Bonchev–Trinajstić information content (AvgIpc) is 3.18. The molecule has 2 heterocycles. The van der Waals surface area contributed by atoms with Gasteiger partial charge in [0.1, 0.15) is 5.69 Å². The standard InChI is InChI=1S/C14H18ClN3O/c1-9(2)17-6-3-7-18-11(8-17)12(15)13(16-18)14(19)10-4-5-10/h10H,1,3-8H2,2H3. The topological polar surface area (TPSA) is 38.1 Å². The van der Waals surface area contributed by atoms with Crippen LogP contribution in [0.4, 0.5) is 0 Å². The summed E-state index contributed by atoms with van der Waals surface area (Å²) in [5.41, 5.74) is 2.45. The van der Waals surface area contributed by atoms with Gasteiger partial charge in [-0.15, -0.1) is 0 Å². The third-order valence-corrected chi connectivity index (χ3v) is 4.25. The quantitative estimate of drug-likeness (QED) is 0.799. The maximum Gasteiger partial charge on any atom is 0.187 e. The van der Waals surface area contributed by atoms with Crippen LogP contribution in [0.5, 0.6) is 0 Å². The molecular formula is C14H18ClN3O. The number of carbonyl (C=O) groups excluding carboxylic acids is 1. The van der Waals surface area contributed by atoms with Crippen LogP contribution in [0.15, 0.2) is 12.3 Å². The fourth-order valence-electron chi connectivity index (χ4n) is 2.50. The fraction of sp³-hybridized carbons (Fsp3) is 0.571. The van der Waals surface area contributed by atoms with Crippen molar-refractivity contribution in [1.82, 2.24) is 14.7 Å². The number of carbonyl (C=O) groups is 1. The Kier molecular flexibility index (Phi) is 3.13. The molecule has 1 aromatic rings. The largest absolute Gasteiger partial charge is 0.370 e. The van der Waals surface area contributed by atoms with Crippen molar-refractivity contribution in [3.05, 3.63) is 28.7 Å². The van der Waals surface area contributed by atoms with E-state index in [1.54, 1.807) is 0 Å². The molecule has 3 rings (SSSR count). The minimum atomic E-state index is 0.118.